The highest BCUT2D eigenvalue weighted by Gasteiger charge is 2.31. The standard InChI is InChI=1S/C10H22N6/c1-9(13,5-8(11)12)6-10(2,14)16-4-3-15-7-16/h3-4,7-8H,5-6,11-14H2,1-2H3. The van der Waals surface area contributed by atoms with Crippen molar-refractivity contribution in [3.63, 3.8) is 0 Å². The molecule has 0 radical (unpaired) electrons. The van der Waals surface area contributed by atoms with E-state index in [1.165, 1.54) is 0 Å². The molecule has 1 aromatic heterocycles. The molecule has 8 N–H and O–H groups in total. The Labute approximate surface area is 96.0 Å². The van der Waals surface area contributed by atoms with Gasteiger partial charge < -0.3 is 27.5 Å². The fraction of sp³-hybridized carbons (Fsp3) is 0.700. The molecule has 0 saturated heterocycles. The van der Waals surface area contributed by atoms with E-state index in [9.17, 15) is 0 Å². The summed E-state index contributed by atoms with van der Waals surface area (Å²) in [5.74, 6) is 0. The molecule has 2 unspecified atom stereocenters. The summed E-state index contributed by atoms with van der Waals surface area (Å²) >= 11 is 0. The number of rotatable bonds is 5. The number of nitrogens with zero attached hydrogens (tertiary/aromatic N) is 2. The van der Waals surface area contributed by atoms with Crippen LogP contribution in [0.25, 0.3) is 0 Å². The molecule has 0 saturated carbocycles. The Hall–Kier alpha value is -0.950. The van der Waals surface area contributed by atoms with E-state index in [1.807, 2.05) is 24.6 Å². The van der Waals surface area contributed by atoms with E-state index in [2.05, 4.69) is 4.98 Å². The van der Waals surface area contributed by atoms with Crippen molar-refractivity contribution in [3.8, 4) is 0 Å². The summed E-state index contributed by atoms with van der Waals surface area (Å²) < 4.78 is 1.83. The van der Waals surface area contributed by atoms with Crippen molar-refractivity contribution in [3.05, 3.63) is 18.7 Å². The van der Waals surface area contributed by atoms with Gasteiger partial charge in [-0.25, -0.2) is 4.98 Å². The number of hydrogen-bond acceptors (Lipinski definition) is 5. The molecule has 0 spiro atoms. The highest BCUT2D eigenvalue weighted by atomic mass is 15.2. The number of imidazole rings is 1. The van der Waals surface area contributed by atoms with E-state index in [4.69, 9.17) is 22.9 Å². The molecule has 2 atom stereocenters. The SMILES string of the molecule is CC(N)(CC(N)N)CC(C)(N)n1ccnc1. The van der Waals surface area contributed by atoms with Crippen LogP contribution in [0.3, 0.4) is 0 Å². The van der Waals surface area contributed by atoms with Gasteiger partial charge in [0.2, 0.25) is 0 Å². The van der Waals surface area contributed by atoms with Crippen molar-refractivity contribution in [2.24, 2.45) is 22.9 Å². The van der Waals surface area contributed by atoms with Crippen LogP contribution in [0.2, 0.25) is 0 Å². The first-order valence-corrected chi connectivity index (χ1v) is 5.30. The second-order valence-corrected chi connectivity index (χ2v) is 5.03. The predicted octanol–water partition coefficient (Wildman–Crippen LogP) is -0.744. The Balaban J connectivity index is 2.72. The van der Waals surface area contributed by atoms with Crippen molar-refractivity contribution in [2.45, 2.75) is 44.1 Å². The molecule has 16 heavy (non-hydrogen) atoms. The smallest absolute Gasteiger partial charge is 0.0961 e. The second kappa shape index (κ2) is 4.50. The van der Waals surface area contributed by atoms with Crippen LogP contribution in [0.4, 0.5) is 0 Å². The lowest BCUT2D eigenvalue weighted by molar-refractivity contribution is 0.215. The van der Waals surface area contributed by atoms with E-state index in [0.29, 0.717) is 12.8 Å². The summed E-state index contributed by atoms with van der Waals surface area (Å²) in [7, 11) is 0. The minimum Gasteiger partial charge on any atom is -0.325 e. The molecule has 1 aromatic rings. The van der Waals surface area contributed by atoms with E-state index < -0.39 is 17.4 Å². The number of hydrogen-bond donors (Lipinski definition) is 4. The van der Waals surface area contributed by atoms with Crippen molar-refractivity contribution in [1.29, 1.82) is 0 Å². The third kappa shape index (κ3) is 3.57. The monoisotopic (exact) mass is 226 g/mol. The summed E-state index contributed by atoms with van der Waals surface area (Å²) in [6.07, 6.45) is 5.86. The van der Waals surface area contributed by atoms with Gasteiger partial charge in [0, 0.05) is 24.4 Å². The largest absolute Gasteiger partial charge is 0.325 e. The summed E-state index contributed by atoms with van der Waals surface area (Å²) in [4.78, 5) is 3.97. The van der Waals surface area contributed by atoms with Gasteiger partial charge >= 0.3 is 0 Å². The third-order valence-corrected chi connectivity index (χ3v) is 2.56. The molecule has 0 aliphatic rings. The topological polar surface area (TPSA) is 122 Å². The Kier molecular flexibility index (Phi) is 3.69. The van der Waals surface area contributed by atoms with Crippen LogP contribution < -0.4 is 22.9 Å². The predicted molar refractivity (Wildman–Crippen MR) is 64.1 cm³/mol. The summed E-state index contributed by atoms with van der Waals surface area (Å²) in [5, 5.41) is 0. The molecular weight excluding hydrogens is 204 g/mol. The molecule has 0 aromatic carbocycles. The molecule has 0 bridgehead atoms. The zero-order chi connectivity index (χ0) is 12.4. The summed E-state index contributed by atoms with van der Waals surface area (Å²) in [6, 6.07) is 0. The molecule has 1 heterocycles. The van der Waals surface area contributed by atoms with Crippen LogP contribution in [0.1, 0.15) is 26.7 Å². The zero-order valence-corrected chi connectivity index (χ0v) is 9.93. The first-order valence-electron chi connectivity index (χ1n) is 5.30. The quantitative estimate of drug-likeness (QED) is 0.492. The van der Waals surface area contributed by atoms with Crippen LogP contribution in [0.15, 0.2) is 18.7 Å². The molecule has 0 aliphatic heterocycles. The summed E-state index contributed by atoms with van der Waals surface area (Å²) in [6.45, 7) is 3.81. The highest BCUT2D eigenvalue weighted by molar-refractivity contribution is 4.93. The molecular formula is C10H22N6. The van der Waals surface area contributed by atoms with Gasteiger partial charge in [-0.2, -0.15) is 0 Å². The molecule has 0 fully saturated rings. The maximum atomic E-state index is 6.21. The van der Waals surface area contributed by atoms with Gasteiger partial charge in [0.1, 0.15) is 0 Å². The van der Waals surface area contributed by atoms with Crippen LogP contribution >= 0.6 is 0 Å². The first-order chi connectivity index (χ1) is 7.23. The van der Waals surface area contributed by atoms with E-state index in [0.717, 1.165) is 0 Å². The fourth-order valence-electron chi connectivity index (χ4n) is 2.08. The zero-order valence-electron chi connectivity index (χ0n) is 9.93. The minimum absolute atomic E-state index is 0.423. The van der Waals surface area contributed by atoms with Crippen LogP contribution in [0, 0.1) is 0 Å². The number of aromatic nitrogens is 2. The Morgan fingerprint density at radius 2 is 1.94 bits per heavy atom. The summed E-state index contributed by atoms with van der Waals surface area (Å²) in [5.41, 5.74) is 22.4. The normalized spacial score (nSPS) is 19.4. The van der Waals surface area contributed by atoms with Gasteiger partial charge in [-0.1, -0.05) is 0 Å². The Morgan fingerprint density at radius 3 is 2.38 bits per heavy atom. The number of nitrogens with two attached hydrogens (primary N) is 4. The van der Waals surface area contributed by atoms with E-state index in [1.54, 1.807) is 12.5 Å². The molecule has 6 heteroatoms. The average Bonchev–Trinajstić information content (AvgIpc) is 2.48. The Bertz CT molecular complexity index is 314. The van der Waals surface area contributed by atoms with Crippen molar-refractivity contribution in [1.82, 2.24) is 9.55 Å². The van der Waals surface area contributed by atoms with Gasteiger partial charge in [0.15, 0.2) is 0 Å². The van der Waals surface area contributed by atoms with Gasteiger partial charge in [0.05, 0.1) is 18.2 Å². The molecule has 92 valence electrons. The molecule has 0 amide bonds. The second-order valence-electron chi connectivity index (χ2n) is 5.03. The Morgan fingerprint density at radius 1 is 1.31 bits per heavy atom. The van der Waals surface area contributed by atoms with Gasteiger partial charge in [-0.3, -0.25) is 0 Å². The fourth-order valence-corrected chi connectivity index (χ4v) is 2.08. The maximum Gasteiger partial charge on any atom is 0.0961 e. The van der Waals surface area contributed by atoms with Crippen LogP contribution in [-0.2, 0) is 5.66 Å². The average molecular weight is 226 g/mol. The van der Waals surface area contributed by atoms with Crippen LogP contribution in [-0.4, -0.2) is 21.3 Å². The third-order valence-electron chi connectivity index (χ3n) is 2.56. The van der Waals surface area contributed by atoms with Crippen molar-refractivity contribution < 1.29 is 0 Å². The first kappa shape index (κ1) is 13.1. The van der Waals surface area contributed by atoms with Crippen molar-refractivity contribution >= 4 is 0 Å². The highest BCUT2D eigenvalue weighted by Crippen LogP contribution is 2.23. The maximum absolute atomic E-state index is 6.21. The molecule has 0 aliphatic carbocycles. The van der Waals surface area contributed by atoms with Gasteiger partial charge in [-0.05, 0) is 20.3 Å². The van der Waals surface area contributed by atoms with Crippen molar-refractivity contribution in [2.75, 3.05) is 0 Å². The van der Waals surface area contributed by atoms with E-state index >= 15 is 0 Å². The lowest BCUT2D eigenvalue weighted by Gasteiger charge is -2.36. The molecule has 1 rings (SSSR count). The lowest BCUT2D eigenvalue weighted by atomic mass is 9.87. The molecule has 6 nitrogen and oxygen atoms in total. The lowest BCUT2D eigenvalue weighted by Crippen LogP contribution is -2.53. The van der Waals surface area contributed by atoms with E-state index in [-0.39, 0.29) is 0 Å². The van der Waals surface area contributed by atoms with Gasteiger partial charge in [-0.15, -0.1) is 0 Å². The minimum atomic E-state index is -0.588. The van der Waals surface area contributed by atoms with Gasteiger partial charge in [0.25, 0.3) is 0 Å². The van der Waals surface area contributed by atoms with Crippen LogP contribution in [0.5, 0.6) is 0 Å².